The molecule has 158 valence electrons. The highest BCUT2D eigenvalue weighted by Crippen LogP contribution is 2.36. The van der Waals surface area contributed by atoms with Crippen LogP contribution in [-0.4, -0.2) is 43.0 Å². The van der Waals surface area contributed by atoms with Crippen LogP contribution in [0.3, 0.4) is 0 Å². The number of nitrogens with one attached hydrogen (secondary N) is 1. The van der Waals surface area contributed by atoms with Crippen molar-refractivity contribution in [3.63, 3.8) is 0 Å². The third-order valence-electron chi connectivity index (χ3n) is 5.04. The van der Waals surface area contributed by atoms with E-state index in [9.17, 15) is 9.59 Å². The van der Waals surface area contributed by atoms with Gasteiger partial charge in [-0.25, -0.2) is 0 Å². The number of benzene rings is 3. The summed E-state index contributed by atoms with van der Waals surface area (Å²) in [7, 11) is 0. The van der Waals surface area contributed by atoms with Gasteiger partial charge in [-0.1, -0.05) is 48.5 Å². The van der Waals surface area contributed by atoms with Crippen molar-refractivity contribution < 1.29 is 14.3 Å². The number of amides is 2. The molecule has 1 heterocycles. The highest BCUT2D eigenvalue weighted by Gasteiger charge is 2.23. The molecule has 5 nitrogen and oxygen atoms in total. The molecule has 1 N–H and O–H groups in total. The second-order valence-electron chi connectivity index (χ2n) is 7.19. The van der Waals surface area contributed by atoms with Crippen molar-refractivity contribution in [2.75, 3.05) is 31.6 Å². The summed E-state index contributed by atoms with van der Waals surface area (Å²) in [4.78, 5) is 28.6. The van der Waals surface area contributed by atoms with Crippen LogP contribution < -0.4 is 5.32 Å². The van der Waals surface area contributed by atoms with Crippen molar-refractivity contribution in [3.05, 3.63) is 96.1 Å². The van der Waals surface area contributed by atoms with E-state index in [1.54, 1.807) is 29.2 Å². The first-order chi connectivity index (χ1) is 15.2. The van der Waals surface area contributed by atoms with Gasteiger partial charge >= 0.3 is 0 Å². The number of thioether (sulfide) groups is 1. The van der Waals surface area contributed by atoms with Gasteiger partial charge in [0.1, 0.15) is 5.25 Å². The Labute approximate surface area is 186 Å². The van der Waals surface area contributed by atoms with Crippen molar-refractivity contribution in [2.45, 2.75) is 10.1 Å². The van der Waals surface area contributed by atoms with Crippen LogP contribution in [0.15, 0.2) is 89.8 Å². The van der Waals surface area contributed by atoms with Gasteiger partial charge in [-0.15, -0.1) is 11.8 Å². The molecule has 0 aliphatic carbocycles. The minimum atomic E-state index is -0.391. The lowest BCUT2D eigenvalue weighted by Gasteiger charge is -2.26. The Morgan fingerprint density at radius 3 is 2.10 bits per heavy atom. The lowest BCUT2D eigenvalue weighted by atomic mass is 10.1. The largest absolute Gasteiger partial charge is 0.378 e. The molecular formula is C25H24N2O3S. The van der Waals surface area contributed by atoms with Gasteiger partial charge in [0.25, 0.3) is 5.91 Å². The first-order valence-electron chi connectivity index (χ1n) is 10.3. The molecule has 0 saturated carbocycles. The van der Waals surface area contributed by atoms with Crippen molar-refractivity contribution in [1.82, 2.24) is 4.90 Å². The number of anilines is 1. The Morgan fingerprint density at radius 2 is 1.45 bits per heavy atom. The monoisotopic (exact) mass is 432 g/mol. The van der Waals surface area contributed by atoms with E-state index >= 15 is 0 Å². The number of hydrogen-bond donors (Lipinski definition) is 1. The molecule has 1 saturated heterocycles. The summed E-state index contributed by atoms with van der Waals surface area (Å²) in [6, 6.07) is 26.7. The fourth-order valence-electron chi connectivity index (χ4n) is 3.39. The van der Waals surface area contributed by atoms with Gasteiger partial charge in [0.05, 0.1) is 13.2 Å². The quantitative estimate of drug-likeness (QED) is 0.577. The zero-order valence-electron chi connectivity index (χ0n) is 17.1. The van der Waals surface area contributed by atoms with E-state index in [1.807, 2.05) is 60.7 Å². The number of carbonyl (C=O) groups is 2. The molecule has 2 amide bonds. The smallest absolute Gasteiger partial charge is 0.254 e. The molecule has 3 aromatic carbocycles. The zero-order chi connectivity index (χ0) is 21.5. The molecule has 1 aliphatic heterocycles. The van der Waals surface area contributed by atoms with Gasteiger partial charge in [0.15, 0.2) is 0 Å². The Hall–Kier alpha value is -3.09. The second-order valence-corrected chi connectivity index (χ2v) is 8.37. The maximum absolute atomic E-state index is 13.2. The van der Waals surface area contributed by atoms with E-state index in [-0.39, 0.29) is 11.8 Å². The maximum atomic E-state index is 13.2. The first-order valence-corrected chi connectivity index (χ1v) is 11.1. The normalized spacial score (nSPS) is 14.6. The predicted molar refractivity (Wildman–Crippen MR) is 123 cm³/mol. The molecule has 31 heavy (non-hydrogen) atoms. The van der Waals surface area contributed by atoms with Crippen LogP contribution in [0, 0.1) is 0 Å². The van der Waals surface area contributed by atoms with E-state index in [0.29, 0.717) is 37.6 Å². The molecule has 0 radical (unpaired) electrons. The average molecular weight is 433 g/mol. The standard InChI is InChI=1S/C25H24N2O3S/c28-24(23(19-7-3-1-4-8-19)31-22-9-5-2-6-10-22)26-21-13-11-20(12-14-21)25(29)27-15-17-30-18-16-27/h1-14,23H,15-18H2,(H,26,28)/t23-/m0/s1. The zero-order valence-corrected chi connectivity index (χ0v) is 17.9. The topological polar surface area (TPSA) is 58.6 Å². The van der Waals surface area contributed by atoms with Gasteiger partial charge in [0.2, 0.25) is 5.91 Å². The Morgan fingerprint density at radius 1 is 0.839 bits per heavy atom. The van der Waals surface area contributed by atoms with Crippen molar-refractivity contribution >= 4 is 29.3 Å². The van der Waals surface area contributed by atoms with Crippen LogP contribution in [-0.2, 0) is 9.53 Å². The van der Waals surface area contributed by atoms with E-state index < -0.39 is 5.25 Å². The van der Waals surface area contributed by atoms with Crippen molar-refractivity contribution in [2.24, 2.45) is 0 Å². The van der Waals surface area contributed by atoms with Crippen molar-refractivity contribution in [3.8, 4) is 0 Å². The highest BCUT2D eigenvalue weighted by molar-refractivity contribution is 8.00. The van der Waals surface area contributed by atoms with Crippen LogP contribution in [0.25, 0.3) is 0 Å². The maximum Gasteiger partial charge on any atom is 0.254 e. The predicted octanol–water partition coefficient (Wildman–Crippen LogP) is 4.63. The summed E-state index contributed by atoms with van der Waals surface area (Å²) in [5.74, 6) is -0.115. The second kappa shape index (κ2) is 10.3. The Bertz CT molecular complexity index is 1000. The molecule has 0 unspecified atom stereocenters. The molecule has 0 aromatic heterocycles. The molecule has 6 heteroatoms. The SMILES string of the molecule is O=C(Nc1ccc(C(=O)N2CCOCC2)cc1)[C@@H](Sc1ccccc1)c1ccccc1. The summed E-state index contributed by atoms with van der Waals surface area (Å²) in [6.45, 7) is 2.35. The van der Waals surface area contributed by atoms with E-state index in [0.717, 1.165) is 10.5 Å². The summed E-state index contributed by atoms with van der Waals surface area (Å²) < 4.78 is 5.31. The van der Waals surface area contributed by atoms with Gasteiger partial charge in [-0.2, -0.15) is 0 Å². The van der Waals surface area contributed by atoms with Crippen LogP contribution in [0.2, 0.25) is 0 Å². The van der Waals surface area contributed by atoms with Gasteiger partial charge in [0, 0.05) is 29.2 Å². The third kappa shape index (κ3) is 5.54. The summed E-state index contributed by atoms with van der Waals surface area (Å²) in [5.41, 5.74) is 2.21. The van der Waals surface area contributed by atoms with Gasteiger partial charge in [-0.3, -0.25) is 9.59 Å². The molecular weight excluding hydrogens is 408 g/mol. The van der Waals surface area contributed by atoms with Crippen LogP contribution in [0.5, 0.6) is 0 Å². The first kappa shape index (κ1) is 21.2. The lowest BCUT2D eigenvalue weighted by Crippen LogP contribution is -2.40. The number of nitrogens with zero attached hydrogens (tertiary/aromatic N) is 1. The average Bonchev–Trinajstić information content (AvgIpc) is 2.84. The third-order valence-corrected chi connectivity index (χ3v) is 6.30. The molecule has 0 spiro atoms. The van der Waals surface area contributed by atoms with Crippen LogP contribution in [0.4, 0.5) is 5.69 Å². The fraction of sp³-hybridized carbons (Fsp3) is 0.200. The molecule has 1 atom stereocenters. The number of ether oxygens (including phenoxy) is 1. The fourth-order valence-corrected chi connectivity index (χ4v) is 4.43. The molecule has 0 bridgehead atoms. The Balaban J connectivity index is 1.47. The van der Waals surface area contributed by atoms with Crippen molar-refractivity contribution in [1.29, 1.82) is 0 Å². The number of rotatable bonds is 6. The van der Waals surface area contributed by atoms with E-state index in [4.69, 9.17) is 4.74 Å². The van der Waals surface area contributed by atoms with E-state index in [1.165, 1.54) is 11.8 Å². The molecule has 1 fully saturated rings. The number of carbonyl (C=O) groups excluding carboxylic acids is 2. The van der Waals surface area contributed by atoms with E-state index in [2.05, 4.69) is 5.32 Å². The molecule has 4 rings (SSSR count). The minimum Gasteiger partial charge on any atom is -0.378 e. The summed E-state index contributed by atoms with van der Waals surface area (Å²) >= 11 is 1.51. The Kier molecular flexibility index (Phi) is 7.02. The van der Waals surface area contributed by atoms with Gasteiger partial charge < -0.3 is 15.0 Å². The highest BCUT2D eigenvalue weighted by atomic mass is 32.2. The van der Waals surface area contributed by atoms with Gasteiger partial charge in [-0.05, 0) is 42.0 Å². The summed E-state index contributed by atoms with van der Waals surface area (Å²) in [6.07, 6.45) is 0. The minimum absolute atomic E-state index is 0.0111. The number of morpholine rings is 1. The van der Waals surface area contributed by atoms with Crippen LogP contribution in [0.1, 0.15) is 21.2 Å². The molecule has 1 aliphatic rings. The number of hydrogen-bond acceptors (Lipinski definition) is 4. The lowest BCUT2D eigenvalue weighted by molar-refractivity contribution is -0.115. The summed E-state index contributed by atoms with van der Waals surface area (Å²) in [5, 5.41) is 2.61. The molecule has 3 aromatic rings. The van der Waals surface area contributed by atoms with Crippen LogP contribution >= 0.6 is 11.8 Å².